The highest BCUT2D eigenvalue weighted by Crippen LogP contribution is 2.31. The second-order valence-electron chi connectivity index (χ2n) is 7.51. The van der Waals surface area contributed by atoms with Crippen LogP contribution < -0.4 is 5.32 Å². The molecule has 2 N–H and O–H groups in total. The average molecular weight is 445 g/mol. The van der Waals surface area contributed by atoms with Gasteiger partial charge in [-0.2, -0.15) is 10.2 Å². The van der Waals surface area contributed by atoms with Crippen LogP contribution in [0.2, 0.25) is 0 Å². The Morgan fingerprint density at radius 2 is 1.81 bits per heavy atom. The van der Waals surface area contributed by atoms with Crippen LogP contribution >= 0.6 is 12.4 Å². The third kappa shape index (κ3) is 4.26. The number of nitrogens with zero attached hydrogens (tertiary/aromatic N) is 6. The van der Waals surface area contributed by atoms with Crippen LogP contribution in [0, 0.1) is 0 Å². The zero-order chi connectivity index (χ0) is 21.2. The van der Waals surface area contributed by atoms with Crippen molar-refractivity contribution in [3.05, 3.63) is 72.9 Å². The quantitative estimate of drug-likeness (QED) is 0.385. The van der Waals surface area contributed by atoms with E-state index in [9.17, 15) is 0 Å². The lowest BCUT2D eigenvalue weighted by atomic mass is 10.0. The molecule has 5 aromatic rings. The zero-order valence-electron chi connectivity index (χ0n) is 17.5. The summed E-state index contributed by atoms with van der Waals surface area (Å²) in [5.41, 5.74) is 6.41. The van der Waals surface area contributed by atoms with E-state index in [1.807, 2.05) is 42.6 Å². The Labute approximate surface area is 191 Å². The Kier molecular flexibility index (Phi) is 6.04. The summed E-state index contributed by atoms with van der Waals surface area (Å²) in [5, 5.41) is 18.8. The topological polar surface area (TPSA) is 105 Å². The number of H-pyrrole nitrogens is 1. The maximum absolute atomic E-state index is 4.73. The standard InChI is InChI=1S/C23H20N8.ClH/c1-14(2)16-9-22(30-26-12-16)29-21-6-5-19-20(28-21)8-17(11-25-19)18-13-27-31-23(18)15-4-3-7-24-10-15;/h3-14H,1-2H3,(H,27,31)(H,28,29,30);1H. The van der Waals surface area contributed by atoms with Crippen molar-refractivity contribution in [1.82, 2.24) is 35.3 Å². The van der Waals surface area contributed by atoms with E-state index in [-0.39, 0.29) is 12.4 Å². The summed E-state index contributed by atoms with van der Waals surface area (Å²) in [6, 6.07) is 11.7. The van der Waals surface area contributed by atoms with Gasteiger partial charge in [-0.3, -0.25) is 15.1 Å². The number of fused-ring (bicyclic) bond motifs is 1. The molecule has 0 atom stereocenters. The molecule has 0 aliphatic rings. The molecule has 5 heterocycles. The second-order valence-corrected chi connectivity index (χ2v) is 7.51. The SMILES string of the molecule is CC(C)c1cnnc(Nc2ccc3ncc(-c4cn[nH]c4-c4cccnc4)cc3n2)c1.Cl. The van der Waals surface area contributed by atoms with Crippen molar-refractivity contribution < 1.29 is 0 Å². The summed E-state index contributed by atoms with van der Waals surface area (Å²) in [4.78, 5) is 13.5. The van der Waals surface area contributed by atoms with Crippen molar-refractivity contribution >= 4 is 35.1 Å². The molecule has 5 rings (SSSR count). The molecule has 0 aliphatic carbocycles. The summed E-state index contributed by atoms with van der Waals surface area (Å²) >= 11 is 0. The number of rotatable bonds is 5. The molecule has 0 saturated carbocycles. The number of halogens is 1. The van der Waals surface area contributed by atoms with E-state index >= 15 is 0 Å². The van der Waals surface area contributed by atoms with Crippen molar-refractivity contribution in [3.8, 4) is 22.4 Å². The van der Waals surface area contributed by atoms with Crippen LogP contribution in [-0.4, -0.2) is 35.3 Å². The second kappa shape index (κ2) is 9.07. The van der Waals surface area contributed by atoms with Crippen LogP contribution in [0.25, 0.3) is 33.4 Å². The van der Waals surface area contributed by atoms with Gasteiger partial charge in [0.2, 0.25) is 0 Å². The van der Waals surface area contributed by atoms with Gasteiger partial charge in [0.05, 0.1) is 29.1 Å². The van der Waals surface area contributed by atoms with Gasteiger partial charge in [-0.25, -0.2) is 4.98 Å². The smallest absolute Gasteiger partial charge is 0.154 e. The molecule has 0 unspecified atom stereocenters. The van der Waals surface area contributed by atoms with Crippen LogP contribution in [0.15, 0.2) is 67.4 Å². The molecule has 32 heavy (non-hydrogen) atoms. The largest absolute Gasteiger partial charge is 0.323 e. The van der Waals surface area contributed by atoms with Gasteiger partial charge in [0.1, 0.15) is 5.82 Å². The molecule has 0 bridgehead atoms. The molecule has 8 nitrogen and oxygen atoms in total. The van der Waals surface area contributed by atoms with Crippen LogP contribution in [0.4, 0.5) is 11.6 Å². The van der Waals surface area contributed by atoms with Crippen LogP contribution in [0.3, 0.4) is 0 Å². The van der Waals surface area contributed by atoms with Gasteiger partial charge in [-0.15, -0.1) is 17.5 Å². The first-order chi connectivity index (χ1) is 15.2. The molecular formula is C23H21ClN8. The van der Waals surface area contributed by atoms with E-state index < -0.39 is 0 Å². The maximum Gasteiger partial charge on any atom is 0.154 e. The highest BCUT2D eigenvalue weighted by molar-refractivity contribution is 5.86. The van der Waals surface area contributed by atoms with Crippen molar-refractivity contribution in [2.75, 3.05) is 5.32 Å². The van der Waals surface area contributed by atoms with Crippen molar-refractivity contribution in [2.45, 2.75) is 19.8 Å². The van der Waals surface area contributed by atoms with E-state index in [2.05, 4.69) is 49.5 Å². The number of aromatic nitrogens is 7. The molecule has 0 fully saturated rings. The van der Waals surface area contributed by atoms with Gasteiger partial charge in [0.25, 0.3) is 0 Å². The van der Waals surface area contributed by atoms with E-state index in [1.54, 1.807) is 24.8 Å². The molecule has 0 spiro atoms. The first-order valence-electron chi connectivity index (χ1n) is 9.98. The molecule has 0 aliphatic heterocycles. The van der Waals surface area contributed by atoms with E-state index in [0.29, 0.717) is 17.6 Å². The lowest BCUT2D eigenvalue weighted by Crippen LogP contribution is -2.00. The third-order valence-corrected chi connectivity index (χ3v) is 5.04. The molecule has 5 aromatic heterocycles. The van der Waals surface area contributed by atoms with Gasteiger partial charge >= 0.3 is 0 Å². The Morgan fingerprint density at radius 3 is 2.62 bits per heavy atom. The first kappa shape index (κ1) is 21.3. The highest BCUT2D eigenvalue weighted by atomic mass is 35.5. The zero-order valence-corrected chi connectivity index (χ0v) is 18.3. The van der Waals surface area contributed by atoms with Crippen LogP contribution in [-0.2, 0) is 0 Å². The predicted molar refractivity (Wildman–Crippen MR) is 127 cm³/mol. The molecule has 160 valence electrons. The Bertz CT molecular complexity index is 1350. The summed E-state index contributed by atoms with van der Waals surface area (Å²) < 4.78 is 0. The van der Waals surface area contributed by atoms with Crippen molar-refractivity contribution in [2.24, 2.45) is 0 Å². The minimum absolute atomic E-state index is 0. The fraction of sp³-hybridized carbons (Fsp3) is 0.130. The number of hydrogen-bond acceptors (Lipinski definition) is 7. The minimum Gasteiger partial charge on any atom is -0.323 e. The summed E-state index contributed by atoms with van der Waals surface area (Å²) in [6.45, 7) is 4.25. The van der Waals surface area contributed by atoms with Crippen molar-refractivity contribution in [1.29, 1.82) is 0 Å². The van der Waals surface area contributed by atoms with Gasteiger partial charge in [0, 0.05) is 35.3 Å². The minimum atomic E-state index is 0. The number of nitrogens with one attached hydrogen (secondary N) is 2. The van der Waals surface area contributed by atoms with E-state index in [4.69, 9.17) is 4.98 Å². The number of aromatic amines is 1. The van der Waals surface area contributed by atoms with Crippen LogP contribution in [0.1, 0.15) is 25.3 Å². The summed E-state index contributed by atoms with van der Waals surface area (Å²) in [6.07, 6.45) is 8.96. The normalized spacial score (nSPS) is 10.8. The van der Waals surface area contributed by atoms with E-state index in [1.165, 1.54) is 0 Å². The Hall–Kier alpha value is -3.91. The Morgan fingerprint density at radius 1 is 0.906 bits per heavy atom. The van der Waals surface area contributed by atoms with Gasteiger partial charge < -0.3 is 5.32 Å². The van der Waals surface area contributed by atoms with Gasteiger partial charge in [-0.05, 0) is 47.9 Å². The monoisotopic (exact) mass is 444 g/mol. The average Bonchev–Trinajstić information content (AvgIpc) is 3.29. The lowest BCUT2D eigenvalue weighted by Gasteiger charge is -2.09. The first-order valence-corrected chi connectivity index (χ1v) is 9.98. The number of pyridine rings is 3. The Balaban J connectivity index is 0.00000245. The summed E-state index contributed by atoms with van der Waals surface area (Å²) in [5.74, 6) is 1.72. The fourth-order valence-electron chi connectivity index (χ4n) is 3.35. The van der Waals surface area contributed by atoms with Gasteiger partial charge in [-0.1, -0.05) is 13.8 Å². The predicted octanol–water partition coefficient (Wildman–Crippen LogP) is 5.16. The van der Waals surface area contributed by atoms with Gasteiger partial charge in [0.15, 0.2) is 5.82 Å². The molecule has 0 amide bonds. The molecule has 0 radical (unpaired) electrons. The maximum atomic E-state index is 4.73. The summed E-state index contributed by atoms with van der Waals surface area (Å²) in [7, 11) is 0. The highest BCUT2D eigenvalue weighted by Gasteiger charge is 2.12. The molecule has 0 saturated heterocycles. The van der Waals surface area contributed by atoms with Crippen molar-refractivity contribution in [3.63, 3.8) is 0 Å². The number of anilines is 2. The third-order valence-electron chi connectivity index (χ3n) is 5.04. The van der Waals surface area contributed by atoms with Crippen LogP contribution in [0.5, 0.6) is 0 Å². The lowest BCUT2D eigenvalue weighted by molar-refractivity contribution is 0.843. The molecular weight excluding hydrogens is 424 g/mol. The number of hydrogen-bond donors (Lipinski definition) is 2. The molecule has 0 aromatic carbocycles. The van der Waals surface area contributed by atoms with E-state index in [0.717, 1.165) is 39.0 Å². The molecule has 9 heteroatoms. The fourth-order valence-corrected chi connectivity index (χ4v) is 3.35.